The van der Waals surface area contributed by atoms with Gasteiger partial charge in [-0.15, -0.1) is 0 Å². The monoisotopic (exact) mass is 413 g/mol. The molecular formula is C21H23N3O4S. The van der Waals surface area contributed by atoms with Crippen molar-refractivity contribution in [1.29, 1.82) is 0 Å². The Kier molecular flexibility index (Phi) is 4.36. The number of amides is 1. The second-order valence-corrected chi connectivity index (χ2v) is 9.83. The third kappa shape index (κ3) is 3.20. The number of carbonyl (C=O) groups is 1. The van der Waals surface area contributed by atoms with Crippen LogP contribution in [0.2, 0.25) is 0 Å². The quantitative estimate of drug-likeness (QED) is 0.767. The number of ether oxygens (including phenoxy) is 1. The van der Waals surface area contributed by atoms with Gasteiger partial charge in [0, 0.05) is 31.3 Å². The van der Waals surface area contributed by atoms with Crippen molar-refractivity contribution in [1.82, 2.24) is 9.29 Å². The predicted octanol–water partition coefficient (Wildman–Crippen LogP) is 2.07. The first-order valence-electron chi connectivity index (χ1n) is 9.98. The molecule has 1 fully saturated rings. The number of nitrogens with zero attached hydrogens (tertiary/aromatic N) is 3. The van der Waals surface area contributed by atoms with Crippen molar-refractivity contribution < 1.29 is 17.9 Å². The molecular weight excluding hydrogens is 390 g/mol. The van der Waals surface area contributed by atoms with E-state index in [0.717, 1.165) is 22.5 Å². The molecule has 0 radical (unpaired) electrons. The predicted molar refractivity (Wildman–Crippen MR) is 108 cm³/mol. The van der Waals surface area contributed by atoms with E-state index in [1.807, 2.05) is 19.1 Å². The standard InChI is InChI=1S/C21H23N3O4S/c1-14-3-2-4-19(22-14)28-17-8-9-23(13-17)29(26,27)18-11-15-5-6-20(25)24-10-7-16(12-18)21(15)24/h2-4,11-12,17H,5-10,13H2,1H3. The van der Waals surface area contributed by atoms with Crippen molar-refractivity contribution in [3.8, 4) is 5.88 Å². The molecule has 8 heteroatoms. The fraction of sp³-hybridized carbons (Fsp3) is 0.429. The molecule has 0 aliphatic carbocycles. The van der Waals surface area contributed by atoms with Gasteiger partial charge in [-0.05, 0) is 55.5 Å². The Morgan fingerprint density at radius 3 is 2.69 bits per heavy atom. The number of anilines is 1. The highest BCUT2D eigenvalue weighted by Crippen LogP contribution is 2.39. The first-order valence-corrected chi connectivity index (χ1v) is 11.4. The summed E-state index contributed by atoms with van der Waals surface area (Å²) in [6.45, 7) is 3.28. The Morgan fingerprint density at radius 1 is 1.10 bits per heavy atom. The van der Waals surface area contributed by atoms with Crippen molar-refractivity contribution in [2.45, 2.75) is 43.6 Å². The van der Waals surface area contributed by atoms with Gasteiger partial charge in [0.1, 0.15) is 6.10 Å². The number of aryl methyl sites for hydroxylation is 2. The molecule has 0 N–H and O–H groups in total. The lowest BCUT2D eigenvalue weighted by atomic mass is 10.00. The summed E-state index contributed by atoms with van der Waals surface area (Å²) >= 11 is 0. The van der Waals surface area contributed by atoms with Crippen molar-refractivity contribution in [3.63, 3.8) is 0 Å². The van der Waals surface area contributed by atoms with E-state index < -0.39 is 10.0 Å². The minimum Gasteiger partial charge on any atom is -0.473 e. The molecule has 1 atom stereocenters. The molecule has 1 saturated heterocycles. The van der Waals surface area contributed by atoms with Gasteiger partial charge in [-0.25, -0.2) is 13.4 Å². The summed E-state index contributed by atoms with van der Waals surface area (Å²) in [5.74, 6) is 0.664. The first-order chi connectivity index (χ1) is 13.9. The van der Waals surface area contributed by atoms with E-state index in [4.69, 9.17) is 4.74 Å². The fourth-order valence-corrected chi connectivity index (χ4v) is 6.08. The fourth-order valence-electron chi connectivity index (χ4n) is 4.49. The number of hydrogen-bond acceptors (Lipinski definition) is 5. The highest BCUT2D eigenvalue weighted by molar-refractivity contribution is 7.89. The van der Waals surface area contributed by atoms with Gasteiger partial charge in [-0.3, -0.25) is 4.79 Å². The molecule has 1 aromatic carbocycles. The molecule has 0 saturated carbocycles. The van der Waals surface area contributed by atoms with E-state index in [2.05, 4.69) is 4.98 Å². The molecule has 152 valence electrons. The van der Waals surface area contributed by atoms with Crippen LogP contribution in [-0.4, -0.2) is 49.4 Å². The first kappa shape index (κ1) is 18.6. The topological polar surface area (TPSA) is 79.8 Å². The summed E-state index contributed by atoms with van der Waals surface area (Å²) < 4.78 is 34.0. The number of hydrogen-bond donors (Lipinski definition) is 0. The summed E-state index contributed by atoms with van der Waals surface area (Å²) in [6, 6.07) is 9.08. The maximum absolute atomic E-state index is 13.3. The maximum Gasteiger partial charge on any atom is 0.243 e. The summed E-state index contributed by atoms with van der Waals surface area (Å²) in [5.41, 5.74) is 3.73. The van der Waals surface area contributed by atoms with Gasteiger partial charge in [0.05, 0.1) is 17.1 Å². The summed E-state index contributed by atoms with van der Waals surface area (Å²) in [4.78, 5) is 18.6. The zero-order chi connectivity index (χ0) is 20.2. The third-order valence-corrected chi connectivity index (χ3v) is 7.76. The lowest BCUT2D eigenvalue weighted by Gasteiger charge is -2.26. The average Bonchev–Trinajstić information content (AvgIpc) is 3.33. The van der Waals surface area contributed by atoms with E-state index in [9.17, 15) is 13.2 Å². The normalized spacial score (nSPS) is 21.5. The van der Waals surface area contributed by atoms with Crippen LogP contribution in [0.3, 0.4) is 0 Å². The van der Waals surface area contributed by atoms with Crippen LogP contribution in [0.25, 0.3) is 0 Å². The molecule has 0 spiro atoms. The molecule has 5 rings (SSSR count). The van der Waals surface area contributed by atoms with Crippen LogP contribution >= 0.6 is 0 Å². The number of aromatic nitrogens is 1. The lowest BCUT2D eigenvalue weighted by Crippen LogP contribution is -2.33. The van der Waals surface area contributed by atoms with Gasteiger partial charge in [0.2, 0.25) is 21.8 Å². The second-order valence-electron chi connectivity index (χ2n) is 7.89. The molecule has 7 nitrogen and oxygen atoms in total. The Bertz CT molecular complexity index is 1100. The molecule has 1 amide bonds. The average molecular weight is 413 g/mol. The summed E-state index contributed by atoms with van der Waals surface area (Å²) in [5, 5.41) is 0. The molecule has 1 unspecified atom stereocenters. The lowest BCUT2D eigenvalue weighted by molar-refractivity contribution is -0.118. The highest BCUT2D eigenvalue weighted by Gasteiger charge is 2.37. The summed E-state index contributed by atoms with van der Waals surface area (Å²) in [7, 11) is -3.60. The minimum atomic E-state index is -3.60. The minimum absolute atomic E-state index is 0.135. The summed E-state index contributed by atoms with van der Waals surface area (Å²) in [6.07, 6.45) is 2.18. The van der Waals surface area contributed by atoms with Crippen LogP contribution in [0.1, 0.15) is 29.7 Å². The van der Waals surface area contributed by atoms with Gasteiger partial charge in [-0.1, -0.05) is 6.07 Å². The van der Waals surface area contributed by atoms with E-state index in [0.29, 0.717) is 56.1 Å². The number of pyridine rings is 1. The number of rotatable bonds is 4. The Labute approximate surface area is 170 Å². The molecule has 3 aliphatic rings. The van der Waals surface area contributed by atoms with Gasteiger partial charge in [0.25, 0.3) is 0 Å². The van der Waals surface area contributed by atoms with E-state index in [-0.39, 0.29) is 12.0 Å². The number of sulfonamides is 1. The van der Waals surface area contributed by atoms with Gasteiger partial charge >= 0.3 is 0 Å². The second kappa shape index (κ2) is 6.81. The zero-order valence-electron chi connectivity index (χ0n) is 16.3. The van der Waals surface area contributed by atoms with Crippen molar-refractivity contribution in [3.05, 3.63) is 47.2 Å². The number of carbonyl (C=O) groups excluding carboxylic acids is 1. The van der Waals surface area contributed by atoms with Crippen LogP contribution in [0.5, 0.6) is 5.88 Å². The maximum atomic E-state index is 13.3. The molecule has 2 aromatic rings. The van der Waals surface area contributed by atoms with Crippen LogP contribution in [0, 0.1) is 6.92 Å². The Balaban J connectivity index is 1.38. The van der Waals surface area contributed by atoms with E-state index in [1.54, 1.807) is 23.1 Å². The van der Waals surface area contributed by atoms with Crippen LogP contribution in [0.15, 0.2) is 35.2 Å². The molecule has 29 heavy (non-hydrogen) atoms. The van der Waals surface area contributed by atoms with Crippen LogP contribution < -0.4 is 9.64 Å². The molecule has 0 bridgehead atoms. The van der Waals surface area contributed by atoms with E-state index >= 15 is 0 Å². The van der Waals surface area contributed by atoms with Gasteiger partial charge in [0.15, 0.2) is 0 Å². The Hall–Kier alpha value is -2.45. The van der Waals surface area contributed by atoms with Crippen LogP contribution in [0.4, 0.5) is 5.69 Å². The van der Waals surface area contributed by atoms with Crippen molar-refractivity contribution in [2.75, 3.05) is 24.5 Å². The van der Waals surface area contributed by atoms with E-state index in [1.165, 1.54) is 4.31 Å². The van der Waals surface area contributed by atoms with Crippen molar-refractivity contribution >= 4 is 21.6 Å². The Morgan fingerprint density at radius 2 is 1.90 bits per heavy atom. The number of benzene rings is 1. The zero-order valence-corrected chi connectivity index (χ0v) is 17.1. The van der Waals surface area contributed by atoms with Crippen LogP contribution in [-0.2, 0) is 27.7 Å². The van der Waals surface area contributed by atoms with Gasteiger partial charge in [-0.2, -0.15) is 4.31 Å². The smallest absolute Gasteiger partial charge is 0.243 e. The molecule has 3 aliphatic heterocycles. The molecule has 1 aromatic heterocycles. The highest BCUT2D eigenvalue weighted by atomic mass is 32.2. The van der Waals surface area contributed by atoms with Gasteiger partial charge < -0.3 is 9.64 Å². The van der Waals surface area contributed by atoms with Crippen molar-refractivity contribution in [2.24, 2.45) is 0 Å². The SMILES string of the molecule is Cc1cccc(OC2CCN(S(=O)(=O)c3cc4c5c(c3)CCN5C(=O)CC4)C2)n1. The third-order valence-electron chi connectivity index (χ3n) is 5.92. The largest absolute Gasteiger partial charge is 0.473 e. The molecule has 4 heterocycles.